The van der Waals surface area contributed by atoms with Crippen LogP contribution in [0.1, 0.15) is 54.2 Å². The van der Waals surface area contributed by atoms with Gasteiger partial charge in [0, 0.05) is 0 Å². The molecule has 4 heteroatoms. The van der Waals surface area contributed by atoms with Crippen molar-refractivity contribution in [3.63, 3.8) is 0 Å². The Hall–Kier alpha value is -6.00. The van der Waals surface area contributed by atoms with Gasteiger partial charge in [0.15, 0.2) is 23.0 Å². The van der Waals surface area contributed by atoms with Crippen molar-refractivity contribution in [1.29, 1.82) is 0 Å². The molecule has 4 nitrogen and oxygen atoms in total. The predicted molar refractivity (Wildman–Crippen MR) is 210 cm³/mol. The molecule has 6 aromatic rings. The highest BCUT2D eigenvalue weighted by atomic mass is 16.5. The van der Waals surface area contributed by atoms with Crippen molar-refractivity contribution >= 4 is 11.1 Å². The van der Waals surface area contributed by atoms with E-state index in [9.17, 15) is 0 Å². The summed E-state index contributed by atoms with van der Waals surface area (Å²) in [5, 5.41) is 0. The van der Waals surface area contributed by atoms with Gasteiger partial charge in [-0.1, -0.05) is 152 Å². The molecule has 0 amide bonds. The molecule has 0 aliphatic rings. The van der Waals surface area contributed by atoms with E-state index in [1.54, 1.807) is 0 Å². The van der Waals surface area contributed by atoms with Gasteiger partial charge in [-0.2, -0.15) is 0 Å². The van der Waals surface area contributed by atoms with Crippen LogP contribution in [0.25, 0.3) is 11.1 Å². The number of hydrogen-bond acceptors (Lipinski definition) is 4. The molecule has 0 radical (unpaired) electrons. The first-order valence-electron chi connectivity index (χ1n) is 17.2. The van der Waals surface area contributed by atoms with E-state index < -0.39 is 0 Å². The molecule has 258 valence electrons. The third-order valence-electron chi connectivity index (χ3n) is 8.22. The lowest BCUT2D eigenvalue weighted by atomic mass is 10.1. The molecule has 0 fully saturated rings. The molecule has 0 N–H and O–H groups in total. The minimum atomic E-state index is 0.502. The zero-order valence-electron chi connectivity index (χ0n) is 29.8. The second-order valence-corrected chi connectivity index (χ2v) is 12.2. The van der Waals surface area contributed by atoms with Crippen LogP contribution >= 0.6 is 0 Å². The number of benzene rings is 6. The molecular formula is C47H46O4. The van der Waals surface area contributed by atoms with Crippen molar-refractivity contribution in [2.24, 2.45) is 0 Å². The van der Waals surface area contributed by atoms with Gasteiger partial charge in [0.05, 0.1) is 0 Å². The lowest BCUT2D eigenvalue weighted by Crippen LogP contribution is -2.01. The Morgan fingerprint density at radius 3 is 1.08 bits per heavy atom. The summed E-state index contributed by atoms with van der Waals surface area (Å²) < 4.78 is 24.2. The maximum Gasteiger partial charge on any atom is 0.162 e. The van der Waals surface area contributed by atoms with E-state index in [1.165, 1.54) is 5.57 Å². The van der Waals surface area contributed by atoms with E-state index in [2.05, 4.69) is 56.0 Å². The summed E-state index contributed by atoms with van der Waals surface area (Å²) in [6, 6.07) is 52.6. The van der Waals surface area contributed by atoms with E-state index in [0.717, 1.165) is 62.0 Å². The second-order valence-electron chi connectivity index (χ2n) is 12.2. The highest BCUT2D eigenvalue weighted by Crippen LogP contribution is 2.33. The molecule has 6 rings (SSSR count). The van der Waals surface area contributed by atoms with Crippen LogP contribution in [0.15, 0.2) is 170 Å². The zero-order valence-corrected chi connectivity index (χ0v) is 29.8. The van der Waals surface area contributed by atoms with Crippen molar-refractivity contribution in [3.8, 4) is 23.0 Å². The van der Waals surface area contributed by atoms with Gasteiger partial charge in [-0.25, -0.2) is 0 Å². The van der Waals surface area contributed by atoms with Crippen molar-refractivity contribution in [3.05, 3.63) is 204 Å². The Bertz CT molecular complexity index is 1970. The Morgan fingerprint density at radius 2 is 0.745 bits per heavy atom. The van der Waals surface area contributed by atoms with E-state index in [1.807, 2.05) is 135 Å². The first kappa shape index (κ1) is 36.3. The number of rotatable bonds is 14. The number of ether oxygens (including phenoxy) is 4. The van der Waals surface area contributed by atoms with Crippen LogP contribution in [-0.4, -0.2) is 0 Å². The first-order valence-corrected chi connectivity index (χ1v) is 17.2. The van der Waals surface area contributed by atoms with Crippen LogP contribution in [0.5, 0.6) is 23.0 Å². The van der Waals surface area contributed by atoms with Gasteiger partial charge >= 0.3 is 0 Å². The lowest BCUT2D eigenvalue weighted by molar-refractivity contribution is 0.256. The third kappa shape index (κ3) is 11.5. The van der Waals surface area contributed by atoms with E-state index in [4.69, 9.17) is 18.9 Å². The Balaban J connectivity index is 0.000000198. The Morgan fingerprint density at radius 1 is 0.431 bits per heavy atom. The summed E-state index contributed by atoms with van der Waals surface area (Å²) in [7, 11) is 0. The largest absolute Gasteiger partial charge is 0.485 e. The monoisotopic (exact) mass is 674 g/mol. The van der Waals surface area contributed by atoms with Gasteiger partial charge in [-0.3, -0.25) is 0 Å². The van der Waals surface area contributed by atoms with Gasteiger partial charge in [0.2, 0.25) is 0 Å². The quantitative estimate of drug-likeness (QED) is 0.115. The minimum absolute atomic E-state index is 0.502. The van der Waals surface area contributed by atoms with Crippen LogP contribution in [0.2, 0.25) is 0 Å². The molecule has 0 bridgehead atoms. The third-order valence-corrected chi connectivity index (χ3v) is 8.22. The topological polar surface area (TPSA) is 36.9 Å². The molecule has 0 saturated carbocycles. The standard InChI is InChI=1S/C24H24O2.C23H22O2/c1-3-19(2)22-14-15-23(25-17-20-10-6-4-7-11-20)24(16-22)26-18-21-12-8-5-9-13-21;1-18(2)21-13-14-22(24-16-19-9-5-3-6-10-19)23(15-21)25-17-20-11-7-4-8-12-20/h3-16H,17-18H2,1-2H3;3-15H,1,16-17H2,2H3/b19-3-;. The first-order chi connectivity index (χ1) is 25.0. The van der Waals surface area contributed by atoms with Crippen molar-refractivity contribution < 1.29 is 18.9 Å². The van der Waals surface area contributed by atoms with Crippen molar-refractivity contribution in [2.75, 3.05) is 0 Å². The number of hydrogen-bond donors (Lipinski definition) is 0. The fourth-order valence-electron chi connectivity index (χ4n) is 5.10. The summed E-state index contributed by atoms with van der Waals surface area (Å²) in [6.45, 7) is 12.2. The molecule has 0 spiro atoms. The van der Waals surface area contributed by atoms with Crippen LogP contribution in [-0.2, 0) is 26.4 Å². The highest BCUT2D eigenvalue weighted by molar-refractivity contribution is 5.66. The second kappa shape index (κ2) is 19.3. The highest BCUT2D eigenvalue weighted by Gasteiger charge is 2.10. The average Bonchev–Trinajstić information content (AvgIpc) is 3.19. The van der Waals surface area contributed by atoms with Gasteiger partial charge in [0.1, 0.15) is 26.4 Å². The molecule has 0 aromatic heterocycles. The van der Waals surface area contributed by atoms with Crippen molar-refractivity contribution in [1.82, 2.24) is 0 Å². The summed E-state index contributed by atoms with van der Waals surface area (Å²) in [6.07, 6.45) is 2.10. The minimum Gasteiger partial charge on any atom is -0.485 e. The van der Waals surface area contributed by atoms with Crippen LogP contribution in [0, 0.1) is 0 Å². The maximum atomic E-state index is 6.09. The van der Waals surface area contributed by atoms with E-state index >= 15 is 0 Å². The van der Waals surface area contributed by atoms with Gasteiger partial charge in [-0.05, 0) is 84.0 Å². The molecule has 6 aromatic carbocycles. The molecule has 0 aliphatic heterocycles. The lowest BCUT2D eigenvalue weighted by Gasteiger charge is -2.15. The summed E-state index contributed by atoms with van der Waals surface area (Å²) in [4.78, 5) is 0. The van der Waals surface area contributed by atoms with E-state index in [0.29, 0.717) is 26.4 Å². The van der Waals surface area contributed by atoms with Gasteiger partial charge in [-0.15, -0.1) is 0 Å². The summed E-state index contributed by atoms with van der Waals surface area (Å²) >= 11 is 0. The SMILES string of the molecule is C/C=C(/C)c1ccc(OCc2ccccc2)c(OCc2ccccc2)c1.C=C(C)c1ccc(OCc2ccccc2)c(OCc2ccccc2)c1. The molecule has 51 heavy (non-hydrogen) atoms. The molecule has 0 atom stereocenters. The average molecular weight is 675 g/mol. The maximum absolute atomic E-state index is 6.09. The zero-order chi connectivity index (χ0) is 35.7. The van der Waals surface area contributed by atoms with Crippen LogP contribution in [0.3, 0.4) is 0 Å². The normalized spacial score (nSPS) is 10.8. The van der Waals surface area contributed by atoms with Crippen molar-refractivity contribution in [2.45, 2.75) is 47.2 Å². The van der Waals surface area contributed by atoms with E-state index in [-0.39, 0.29) is 0 Å². The molecule has 0 heterocycles. The Labute approximate surface area is 303 Å². The van der Waals surface area contributed by atoms with Crippen LogP contribution < -0.4 is 18.9 Å². The fraction of sp³-hybridized carbons (Fsp3) is 0.149. The molecular weight excluding hydrogens is 629 g/mol. The smallest absolute Gasteiger partial charge is 0.162 e. The molecule has 0 unspecified atom stereocenters. The summed E-state index contributed by atoms with van der Waals surface area (Å²) in [5.74, 6) is 3.01. The Kier molecular flexibility index (Phi) is 13.7. The fourth-order valence-corrected chi connectivity index (χ4v) is 5.10. The summed E-state index contributed by atoms with van der Waals surface area (Å²) in [5.41, 5.74) is 8.92. The predicted octanol–water partition coefficient (Wildman–Crippen LogP) is 12.1. The molecule has 0 aliphatic carbocycles. The number of allylic oxidation sites excluding steroid dienone is 3. The van der Waals surface area contributed by atoms with Crippen LogP contribution in [0.4, 0.5) is 0 Å². The van der Waals surface area contributed by atoms with Gasteiger partial charge < -0.3 is 18.9 Å². The molecule has 0 saturated heterocycles. The van der Waals surface area contributed by atoms with Gasteiger partial charge in [0.25, 0.3) is 0 Å².